The van der Waals surface area contributed by atoms with Gasteiger partial charge in [-0.2, -0.15) is 0 Å². The summed E-state index contributed by atoms with van der Waals surface area (Å²) in [6.45, 7) is 2.68. The maximum atomic E-state index is 9.20. The Morgan fingerprint density at radius 1 is 1.09 bits per heavy atom. The zero-order valence-corrected chi connectivity index (χ0v) is 19.0. The highest BCUT2D eigenvalue weighted by atomic mass is 16.5. The highest BCUT2D eigenvalue weighted by Gasteiger charge is 2.13. The fraction of sp³-hybridized carbons (Fsp3) is 0.240. The Bertz CT molecular complexity index is 1310. The van der Waals surface area contributed by atoms with Crippen LogP contribution in [0.2, 0.25) is 0 Å². The molecule has 0 fully saturated rings. The van der Waals surface area contributed by atoms with Crippen LogP contribution in [0.3, 0.4) is 0 Å². The predicted molar refractivity (Wildman–Crippen MR) is 129 cm³/mol. The number of methoxy groups -OCH3 is 1. The summed E-state index contributed by atoms with van der Waals surface area (Å²) in [5.74, 6) is 3.02. The first-order valence-electron chi connectivity index (χ1n) is 10.8. The summed E-state index contributed by atoms with van der Waals surface area (Å²) in [5, 5.41) is 20.8. The van der Waals surface area contributed by atoms with Crippen molar-refractivity contribution in [2.75, 3.05) is 25.6 Å². The van der Waals surface area contributed by atoms with Crippen LogP contribution in [0.4, 0.5) is 5.95 Å². The molecular weight excluding hydrogens is 430 g/mol. The molecule has 0 aliphatic heterocycles. The molecule has 34 heavy (non-hydrogen) atoms. The van der Waals surface area contributed by atoms with Gasteiger partial charge in [-0.25, -0.2) is 14.6 Å². The van der Waals surface area contributed by atoms with Crippen molar-refractivity contribution < 1.29 is 9.84 Å². The fourth-order valence-corrected chi connectivity index (χ4v) is 3.33. The van der Waals surface area contributed by atoms with Crippen LogP contribution < -0.4 is 5.32 Å². The smallest absolute Gasteiger partial charge is 0.223 e. The van der Waals surface area contributed by atoms with Crippen LogP contribution in [0, 0.1) is 12.3 Å². The van der Waals surface area contributed by atoms with Crippen LogP contribution in [0.15, 0.2) is 54.7 Å². The van der Waals surface area contributed by atoms with Crippen molar-refractivity contribution in [3.05, 3.63) is 71.7 Å². The van der Waals surface area contributed by atoms with Crippen LogP contribution in [0.1, 0.15) is 30.0 Å². The lowest BCUT2D eigenvalue weighted by atomic mass is 10.1. The summed E-state index contributed by atoms with van der Waals surface area (Å²) in [7, 11) is 1.66. The third-order valence-corrected chi connectivity index (χ3v) is 5.17. The summed E-state index contributed by atoms with van der Waals surface area (Å²) >= 11 is 0. The number of nitrogens with zero attached hydrogens (tertiary/aromatic N) is 6. The molecule has 0 aliphatic rings. The van der Waals surface area contributed by atoms with E-state index in [1.54, 1.807) is 11.8 Å². The Morgan fingerprint density at radius 3 is 2.71 bits per heavy atom. The third-order valence-electron chi connectivity index (χ3n) is 5.17. The molecule has 0 amide bonds. The number of hydrogen-bond acceptors (Lipinski definition) is 8. The largest absolute Gasteiger partial charge is 0.395 e. The molecule has 0 radical (unpaired) electrons. The molecule has 4 aromatic rings. The number of terminal acetylenes is 1. The Hall–Kier alpha value is -4.13. The monoisotopic (exact) mass is 455 g/mol. The van der Waals surface area contributed by atoms with Crippen molar-refractivity contribution in [3.63, 3.8) is 0 Å². The molecule has 172 valence electrons. The van der Waals surface area contributed by atoms with Crippen LogP contribution in [0.5, 0.6) is 0 Å². The van der Waals surface area contributed by atoms with Crippen molar-refractivity contribution >= 4 is 5.95 Å². The summed E-state index contributed by atoms with van der Waals surface area (Å²) < 4.78 is 7.07. The number of aliphatic hydroxyl groups excluding tert-OH is 1. The second kappa shape index (κ2) is 10.7. The second-order valence-electron chi connectivity index (χ2n) is 7.57. The molecule has 1 unspecified atom stereocenters. The molecule has 9 heteroatoms. The molecule has 1 aromatic carbocycles. The van der Waals surface area contributed by atoms with Crippen molar-refractivity contribution in [2.24, 2.45) is 0 Å². The van der Waals surface area contributed by atoms with E-state index in [4.69, 9.17) is 11.2 Å². The fourth-order valence-electron chi connectivity index (χ4n) is 3.33. The van der Waals surface area contributed by atoms with Crippen molar-refractivity contribution in [3.8, 4) is 35.0 Å². The predicted octanol–water partition coefficient (Wildman–Crippen LogP) is 2.94. The molecule has 9 nitrogen and oxygen atoms in total. The van der Waals surface area contributed by atoms with Crippen LogP contribution in [-0.2, 0) is 11.3 Å². The van der Waals surface area contributed by atoms with Gasteiger partial charge in [0.2, 0.25) is 5.95 Å². The number of hydrogen-bond donors (Lipinski definition) is 2. The van der Waals surface area contributed by atoms with Gasteiger partial charge in [0.05, 0.1) is 48.2 Å². The highest BCUT2D eigenvalue weighted by Crippen LogP contribution is 2.25. The van der Waals surface area contributed by atoms with Crippen LogP contribution >= 0.6 is 0 Å². The van der Waals surface area contributed by atoms with Gasteiger partial charge in [-0.3, -0.25) is 4.98 Å². The van der Waals surface area contributed by atoms with Gasteiger partial charge < -0.3 is 15.2 Å². The summed E-state index contributed by atoms with van der Waals surface area (Å²) in [6.07, 6.45) is 7.28. The average Bonchev–Trinajstić information content (AvgIpc) is 3.35. The summed E-state index contributed by atoms with van der Waals surface area (Å²) in [4.78, 5) is 13.8. The standard InChI is InChI=1S/C25H25N7O2/c1-4-18-7-5-8-19(13-18)22-14-23(29-25(28-22)26-11-12-33)24-16-32(31-30-24)15-20-9-6-10-21(27-20)17(2)34-3/h1,5-10,13-14,16-17,33H,11-12,15H2,2-3H3,(H,26,28,29). The minimum absolute atomic E-state index is 0.0422. The van der Waals surface area contributed by atoms with Gasteiger partial charge in [0.1, 0.15) is 5.69 Å². The van der Waals surface area contributed by atoms with Crippen molar-refractivity contribution in [2.45, 2.75) is 19.6 Å². The van der Waals surface area contributed by atoms with Gasteiger partial charge in [-0.05, 0) is 37.3 Å². The molecule has 0 saturated heterocycles. The zero-order chi connectivity index (χ0) is 23.9. The Balaban J connectivity index is 1.64. The van der Waals surface area contributed by atoms with E-state index in [0.717, 1.165) is 22.5 Å². The lowest BCUT2D eigenvalue weighted by Crippen LogP contribution is -2.09. The minimum Gasteiger partial charge on any atom is -0.395 e. The van der Waals surface area contributed by atoms with E-state index in [2.05, 4.69) is 36.5 Å². The lowest BCUT2D eigenvalue weighted by Gasteiger charge is -2.10. The number of nitrogens with one attached hydrogen (secondary N) is 1. The first kappa shape index (κ1) is 23.0. The maximum Gasteiger partial charge on any atom is 0.223 e. The van der Waals surface area contributed by atoms with Gasteiger partial charge in [-0.15, -0.1) is 11.5 Å². The second-order valence-corrected chi connectivity index (χ2v) is 7.57. The van der Waals surface area contributed by atoms with Crippen molar-refractivity contribution in [1.29, 1.82) is 0 Å². The van der Waals surface area contributed by atoms with E-state index in [-0.39, 0.29) is 12.7 Å². The minimum atomic E-state index is -0.0940. The van der Waals surface area contributed by atoms with Gasteiger partial charge in [0, 0.05) is 24.8 Å². The molecule has 4 rings (SSSR count). The van der Waals surface area contributed by atoms with Gasteiger partial charge >= 0.3 is 0 Å². The molecule has 3 aromatic heterocycles. The molecule has 0 bridgehead atoms. The van der Waals surface area contributed by atoms with Crippen molar-refractivity contribution in [1.82, 2.24) is 29.9 Å². The van der Waals surface area contributed by atoms with Gasteiger partial charge in [-0.1, -0.05) is 29.3 Å². The van der Waals surface area contributed by atoms with E-state index >= 15 is 0 Å². The SMILES string of the molecule is C#Cc1cccc(-c2cc(-c3cn(Cc4cccc(C(C)OC)n4)nn3)nc(NCCO)n2)c1. The summed E-state index contributed by atoms with van der Waals surface area (Å²) in [5.41, 5.74) is 5.17. The van der Waals surface area contributed by atoms with E-state index < -0.39 is 0 Å². The number of anilines is 1. The van der Waals surface area contributed by atoms with E-state index in [0.29, 0.717) is 36.1 Å². The van der Waals surface area contributed by atoms with Crippen LogP contribution in [0.25, 0.3) is 22.6 Å². The van der Waals surface area contributed by atoms with E-state index in [1.807, 2.05) is 61.7 Å². The molecule has 0 saturated carbocycles. The summed E-state index contributed by atoms with van der Waals surface area (Å²) in [6, 6.07) is 15.2. The zero-order valence-electron chi connectivity index (χ0n) is 19.0. The quantitative estimate of drug-likeness (QED) is 0.371. The number of aromatic nitrogens is 6. The Labute approximate surface area is 197 Å². The van der Waals surface area contributed by atoms with Gasteiger partial charge in [0.15, 0.2) is 0 Å². The highest BCUT2D eigenvalue weighted by molar-refractivity contribution is 5.68. The first-order chi connectivity index (χ1) is 16.6. The molecule has 1 atom stereocenters. The Morgan fingerprint density at radius 2 is 1.91 bits per heavy atom. The normalized spacial score (nSPS) is 11.7. The Kier molecular flexibility index (Phi) is 7.22. The third kappa shape index (κ3) is 5.43. The number of benzene rings is 1. The molecule has 0 aliphatic carbocycles. The number of rotatable bonds is 9. The number of aliphatic hydroxyl groups is 1. The number of pyridine rings is 1. The molecule has 0 spiro atoms. The van der Waals surface area contributed by atoms with E-state index in [1.165, 1.54) is 0 Å². The lowest BCUT2D eigenvalue weighted by molar-refractivity contribution is 0.116. The van der Waals surface area contributed by atoms with Gasteiger partial charge in [0.25, 0.3) is 0 Å². The average molecular weight is 456 g/mol. The van der Waals surface area contributed by atoms with Crippen LogP contribution in [-0.4, -0.2) is 55.3 Å². The molecule has 2 N–H and O–H groups in total. The number of ether oxygens (including phenoxy) is 1. The maximum absolute atomic E-state index is 9.20. The molecular formula is C25H25N7O2. The topological polar surface area (TPSA) is 111 Å². The van der Waals surface area contributed by atoms with E-state index in [9.17, 15) is 5.11 Å². The first-order valence-corrected chi connectivity index (χ1v) is 10.8. The molecule has 3 heterocycles.